The number of nitrogens with one attached hydrogen (secondary N) is 1. The zero-order valence-corrected chi connectivity index (χ0v) is 9.04. The lowest BCUT2D eigenvalue weighted by Crippen LogP contribution is -2.26. The minimum absolute atomic E-state index is 0.310. The molecule has 2 aromatic heterocycles. The fourth-order valence-corrected chi connectivity index (χ4v) is 3.62. The van der Waals surface area contributed by atoms with Gasteiger partial charge in [0.2, 0.25) is 0 Å². The van der Waals surface area contributed by atoms with Crippen LogP contribution in [0.2, 0.25) is 0 Å². The van der Waals surface area contributed by atoms with Gasteiger partial charge in [-0.05, 0) is 23.9 Å². The van der Waals surface area contributed by atoms with Crippen molar-refractivity contribution in [3.63, 3.8) is 0 Å². The SMILES string of the molecule is CCC(NN)c1cc2sccc2s1. The molecular formula is C9H12N2S2. The van der Waals surface area contributed by atoms with Crippen LogP contribution in [0.3, 0.4) is 0 Å². The van der Waals surface area contributed by atoms with Gasteiger partial charge >= 0.3 is 0 Å². The lowest BCUT2D eigenvalue weighted by atomic mass is 10.2. The van der Waals surface area contributed by atoms with Gasteiger partial charge in [-0.25, -0.2) is 0 Å². The van der Waals surface area contributed by atoms with Crippen LogP contribution in [0.25, 0.3) is 9.40 Å². The Morgan fingerprint density at radius 1 is 1.54 bits per heavy atom. The topological polar surface area (TPSA) is 38.0 Å². The van der Waals surface area contributed by atoms with E-state index in [1.54, 1.807) is 11.3 Å². The van der Waals surface area contributed by atoms with E-state index in [0.717, 1.165) is 6.42 Å². The highest BCUT2D eigenvalue weighted by atomic mass is 32.1. The number of rotatable bonds is 3. The molecule has 0 aliphatic carbocycles. The van der Waals surface area contributed by atoms with Crippen molar-refractivity contribution in [1.29, 1.82) is 0 Å². The molecule has 0 saturated carbocycles. The van der Waals surface area contributed by atoms with Crippen molar-refractivity contribution < 1.29 is 0 Å². The molecule has 3 N–H and O–H groups in total. The quantitative estimate of drug-likeness (QED) is 0.606. The third-order valence-corrected chi connectivity index (χ3v) is 4.32. The molecule has 0 aliphatic rings. The highest BCUT2D eigenvalue weighted by Crippen LogP contribution is 2.33. The van der Waals surface area contributed by atoms with Gasteiger partial charge in [-0.1, -0.05) is 6.92 Å². The van der Waals surface area contributed by atoms with Crippen LogP contribution in [0.5, 0.6) is 0 Å². The minimum Gasteiger partial charge on any atom is -0.271 e. The molecule has 13 heavy (non-hydrogen) atoms. The van der Waals surface area contributed by atoms with E-state index in [1.807, 2.05) is 11.3 Å². The Morgan fingerprint density at radius 3 is 3.00 bits per heavy atom. The van der Waals surface area contributed by atoms with Crippen molar-refractivity contribution in [3.8, 4) is 0 Å². The van der Waals surface area contributed by atoms with Crippen molar-refractivity contribution >= 4 is 32.1 Å². The standard InChI is InChI=1S/C9H12N2S2/c1-2-6(11-10)8-5-9-7(13-8)3-4-12-9/h3-6,11H,2,10H2,1H3. The Kier molecular flexibility index (Phi) is 2.64. The molecule has 0 spiro atoms. The summed E-state index contributed by atoms with van der Waals surface area (Å²) in [6.07, 6.45) is 1.03. The lowest BCUT2D eigenvalue weighted by molar-refractivity contribution is 0.548. The van der Waals surface area contributed by atoms with Crippen LogP contribution < -0.4 is 11.3 Å². The van der Waals surface area contributed by atoms with E-state index >= 15 is 0 Å². The van der Waals surface area contributed by atoms with Crippen LogP contribution in [-0.4, -0.2) is 0 Å². The first-order valence-corrected chi connectivity index (χ1v) is 5.97. The van der Waals surface area contributed by atoms with Crippen LogP contribution in [0.4, 0.5) is 0 Å². The van der Waals surface area contributed by atoms with Crippen LogP contribution in [-0.2, 0) is 0 Å². The van der Waals surface area contributed by atoms with Crippen molar-refractivity contribution in [2.45, 2.75) is 19.4 Å². The second-order valence-electron chi connectivity index (χ2n) is 2.93. The van der Waals surface area contributed by atoms with Gasteiger partial charge in [0.25, 0.3) is 0 Å². The second-order valence-corrected chi connectivity index (χ2v) is 4.99. The van der Waals surface area contributed by atoms with Gasteiger partial charge in [-0.2, -0.15) is 0 Å². The van der Waals surface area contributed by atoms with E-state index in [-0.39, 0.29) is 0 Å². The average molecular weight is 212 g/mol. The number of fused-ring (bicyclic) bond motifs is 1. The highest BCUT2D eigenvalue weighted by Gasteiger charge is 2.10. The number of hydrogen-bond acceptors (Lipinski definition) is 4. The number of hydrogen-bond donors (Lipinski definition) is 2. The Bertz CT molecular complexity index is 358. The van der Waals surface area contributed by atoms with Gasteiger partial charge in [-0.15, -0.1) is 22.7 Å². The Labute approximate surface area is 85.3 Å². The second kappa shape index (κ2) is 3.75. The molecule has 2 rings (SSSR count). The lowest BCUT2D eigenvalue weighted by Gasteiger charge is -2.09. The largest absolute Gasteiger partial charge is 0.271 e. The van der Waals surface area contributed by atoms with E-state index in [0.29, 0.717) is 6.04 Å². The summed E-state index contributed by atoms with van der Waals surface area (Å²) in [6.45, 7) is 2.14. The predicted molar refractivity (Wildman–Crippen MR) is 60.1 cm³/mol. The average Bonchev–Trinajstić information content (AvgIpc) is 2.65. The molecule has 0 radical (unpaired) electrons. The van der Waals surface area contributed by atoms with E-state index < -0.39 is 0 Å². The Hall–Kier alpha value is -0.420. The van der Waals surface area contributed by atoms with Gasteiger partial charge in [0, 0.05) is 14.3 Å². The smallest absolute Gasteiger partial charge is 0.0551 e. The first-order valence-electron chi connectivity index (χ1n) is 4.28. The predicted octanol–water partition coefficient (Wildman–Crippen LogP) is 2.88. The van der Waals surface area contributed by atoms with Gasteiger partial charge in [0.05, 0.1) is 6.04 Å². The summed E-state index contributed by atoms with van der Waals surface area (Å²) < 4.78 is 2.74. The van der Waals surface area contributed by atoms with Gasteiger partial charge in [-0.3, -0.25) is 11.3 Å². The number of thiophene rings is 2. The van der Waals surface area contributed by atoms with Crippen molar-refractivity contribution in [2.24, 2.45) is 5.84 Å². The zero-order chi connectivity index (χ0) is 9.26. The van der Waals surface area contributed by atoms with Crippen LogP contribution in [0.1, 0.15) is 24.3 Å². The molecule has 0 amide bonds. The molecule has 2 heterocycles. The summed E-state index contributed by atoms with van der Waals surface area (Å²) in [6, 6.07) is 4.71. The maximum Gasteiger partial charge on any atom is 0.0551 e. The Balaban J connectivity index is 2.37. The first kappa shape index (κ1) is 9.15. The molecular weight excluding hydrogens is 200 g/mol. The molecule has 0 aromatic carbocycles. The van der Waals surface area contributed by atoms with Gasteiger partial charge in [0.1, 0.15) is 0 Å². The van der Waals surface area contributed by atoms with Crippen LogP contribution >= 0.6 is 22.7 Å². The molecule has 70 valence electrons. The molecule has 0 bridgehead atoms. The van der Waals surface area contributed by atoms with E-state index in [9.17, 15) is 0 Å². The van der Waals surface area contributed by atoms with Crippen LogP contribution in [0, 0.1) is 0 Å². The fourth-order valence-electron chi connectivity index (χ4n) is 1.36. The Morgan fingerprint density at radius 2 is 2.38 bits per heavy atom. The molecule has 0 fully saturated rings. The monoisotopic (exact) mass is 212 g/mol. The van der Waals surface area contributed by atoms with Gasteiger partial charge < -0.3 is 0 Å². The number of hydrazine groups is 1. The van der Waals surface area contributed by atoms with Crippen molar-refractivity contribution in [1.82, 2.24) is 5.43 Å². The molecule has 1 unspecified atom stereocenters. The molecule has 2 nitrogen and oxygen atoms in total. The maximum absolute atomic E-state index is 5.47. The molecule has 0 saturated heterocycles. The summed E-state index contributed by atoms with van der Waals surface area (Å²) in [7, 11) is 0. The zero-order valence-electron chi connectivity index (χ0n) is 7.41. The minimum atomic E-state index is 0.310. The van der Waals surface area contributed by atoms with E-state index in [4.69, 9.17) is 5.84 Å². The van der Waals surface area contributed by atoms with Crippen molar-refractivity contribution in [3.05, 3.63) is 22.4 Å². The first-order chi connectivity index (χ1) is 6.35. The van der Waals surface area contributed by atoms with Crippen LogP contribution in [0.15, 0.2) is 17.5 Å². The highest BCUT2D eigenvalue weighted by molar-refractivity contribution is 7.26. The molecule has 1 atom stereocenters. The normalized spacial score (nSPS) is 13.7. The number of nitrogens with two attached hydrogens (primary N) is 1. The van der Waals surface area contributed by atoms with E-state index in [2.05, 4.69) is 29.9 Å². The third kappa shape index (κ3) is 1.62. The van der Waals surface area contributed by atoms with E-state index in [1.165, 1.54) is 14.3 Å². The van der Waals surface area contributed by atoms with Crippen molar-refractivity contribution in [2.75, 3.05) is 0 Å². The molecule has 4 heteroatoms. The fraction of sp³-hybridized carbons (Fsp3) is 0.333. The third-order valence-electron chi connectivity index (χ3n) is 2.11. The summed E-state index contributed by atoms with van der Waals surface area (Å²) in [4.78, 5) is 1.34. The molecule has 0 aliphatic heterocycles. The maximum atomic E-state index is 5.47. The van der Waals surface area contributed by atoms with Gasteiger partial charge in [0.15, 0.2) is 0 Å². The summed E-state index contributed by atoms with van der Waals surface area (Å²) in [5.74, 6) is 5.47. The summed E-state index contributed by atoms with van der Waals surface area (Å²) in [5.41, 5.74) is 2.83. The summed E-state index contributed by atoms with van der Waals surface area (Å²) >= 11 is 3.62. The summed E-state index contributed by atoms with van der Waals surface area (Å²) in [5, 5.41) is 2.13. The molecule has 2 aromatic rings.